The summed E-state index contributed by atoms with van der Waals surface area (Å²) in [5.74, 6) is -25.0. The number of nitrogens with one attached hydrogen (secondary N) is 9. The molecule has 0 aromatic rings. The van der Waals surface area contributed by atoms with Gasteiger partial charge >= 0.3 is 29.8 Å². The second kappa shape index (κ2) is 38.0. The van der Waals surface area contributed by atoms with Crippen molar-refractivity contribution >= 4 is 88.9 Å². The Morgan fingerprint density at radius 1 is 0.528 bits per heavy atom. The van der Waals surface area contributed by atoms with Gasteiger partial charge in [-0.2, -0.15) is 0 Å². The maximum Gasteiger partial charge on any atom is 0.335 e. The van der Waals surface area contributed by atoms with E-state index < -0.39 is 198 Å². The van der Waals surface area contributed by atoms with Crippen LogP contribution < -0.4 is 59.3 Å². The van der Waals surface area contributed by atoms with Crippen LogP contribution in [0.3, 0.4) is 0 Å². The highest BCUT2D eigenvalue weighted by molar-refractivity contribution is 6.01. The average molecular weight is 1270 g/mol. The van der Waals surface area contributed by atoms with E-state index >= 15 is 0 Å². The first-order chi connectivity index (χ1) is 41.4. The first kappa shape index (κ1) is 78.4. The van der Waals surface area contributed by atoms with E-state index in [9.17, 15) is 97.5 Å². The van der Waals surface area contributed by atoms with Gasteiger partial charge in [-0.3, -0.25) is 62.3 Å². The molecule has 1 heterocycles. The predicted octanol–water partition coefficient (Wildman–Crippen LogP) is -4.00. The Morgan fingerprint density at radius 2 is 1.02 bits per heavy atom. The van der Waals surface area contributed by atoms with Crippen molar-refractivity contribution in [2.24, 2.45) is 47.0 Å². The number of nitrogens with zero attached hydrogens (tertiary/aromatic N) is 1. The summed E-state index contributed by atoms with van der Waals surface area (Å²) in [6, 6.07) is -18.2. The zero-order valence-corrected chi connectivity index (χ0v) is 51.6. The number of rotatable bonds is 39. The number of allylic oxidation sites excluding steroid dienone is 3. The van der Waals surface area contributed by atoms with Crippen LogP contribution in [0.2, 0.25) is 0 Å². The van der Waals surface area contributed by atoms with Gasteiger partial charge in [0.05, 0.1) is 30.8 Å². The third-order valence-electron chi connectivity index (χ3n) is 14.3. The van der Waals surface area contributed by atoms with Gasteiger partial charge < -0.3 is 94.9 Å². The normalized spacial score (nSPS) is 18.1. The lowest BCUT2D eigenvalue weighted by atomic mass is 9.97. The van der Waals surface area contributed by atoms with Gasteiger partial charge in [-0.15, -0.1) is 0 Å². The molecule has 0 aliphatic carbocycles. The van der Waals surface area contributed by atoms with Crippen LogP contribution in [0.25, 0.3) is 0 Å². The SMILES string of the molecule is CC(C)CC/C=C\C=C\C(=O)N[C@H](C(=O)N[C@H](C(=O)N[C@@H](C(=O)N[C@@H](CCCCN)C(=O)N[C@H](C(=O)N[C@@H](CC(=O)O)C(=O)O)C(O)C(=O)O)C(C)C)C(C)NC(=O)[C@@H]1C[C@@H](C)CN1C(=O)[C@@H](NC(=O)[C@H](NC(=O)CN)C(C)C(=O)O)C(C)C)C(C)C(=O)O. The Kier molecular flexibility index (Phi) is 33.4. The van der Waals surface area contributed by atoms with Gasteiger partial charge in [-0.05, 0) is 89.5 Å². The number of likely N-dealkylation sites (tertiary alicyclic amines) is 1. The van der Waals surface area contributed by atoms with E-state index in [-0.39, 0.29) is 38.8 Å². The lowest BCUT2D eigenvalue weighted by molar-refractivity contribution is -0.153. The summed E-state index contributed by atoms with van der Waals surface area (Å²) in [6.45, 7) is 14.5. The Hall–Kier alpha value is -8.59. The van der Waals surface area contributed by atoms with Gasteiger partial charge in [0.2, 0.25) is 59.1 Å². The highest BCUT2D eigenvalue weighted by atomic mass is 16.4. The fourth-order valence-electron chi connectivity index (χ4n) is 8.96. The van der Waals surface area contributed by atoms with E-state index in [0.717, 1.165) is 31.2 Å². The van der Waals surface area contributed by atoms with E-state index in [1.165, 1.54) is 26.8 Å². The van der Waals surface area contributed by atoms with Crippen LogP contribution in [-0.2, 0) is 71.9 Å². The number of carbonyl (C=O) groups is 15. The molecule has 33 heteroatoms. The van der Waals surface area contributed by atoms with E-state index in [1.54, 1.807) is 38.2 Å². The van der Waals surface area contributed by atoms with Gasteiger partial charge in [0.25, 0.3) is 0 Å². The molecule has 500 valence electrons. The van der Waals surface area contributed by atoms with E-state index in [1.807, 2.05) is 19.2 Å². The number of hydrogen-bond donors (Lipinski definition) is 17. The quantitative estimate of drug-likeness (QED) is 0.0158. The number of nitrogens with two attached hydrogens (primary N) is 2. The molecule has 19 N–H and O–H groups in total. The summed E-state index contributed by atoms with van der Waals surface area (Å²) in [5.41, 5.74) is 11.1. The smallest absolute Gasteiger partial charge is 0.335 e. The second-order valence-electron chi connectivity index (χ2n) is 23.0. The number of aliphatic hydroxyl groups is 1. The molecular weight excluding hydrogens is 1180 g/mol. The van der Waals surface area contributed by atoms with E-state index in [4.69, 9.17) is 16.6 Å². The van der Waals surface area contributed by atoms with Crippen LogP contribution in [0.1, 0.15) is 114 Å². The molecule has 33 nitrogen and oxygen atoms in total. The molecule has 4 unspecified atom stereocenters. The summed E-state index contributed by atoms with van der Waals surface area (Å²) in [6.07, 6.45) is 3.15. The number of hydrogen-bond acceptors (Lipinski definition) is 18. The van der Waals surface area contributed by atoms with Gasteiger partial charge in [0.15, 0.2) is 6.10 Å². The van der Waals surface area contributed by atoms with Crippen molar-refractivity contribution in [1.82, 2.24) is 52.8 Å². The topological polar surface area (TPSA) is 541 Å². The summed E-state index contributed by atoms with van der Waals surface area (Å²) < 4.78 is 0. The Morgan fingerprint density at radius 3 is 1.52 bits per heavy atom. The van der Waals surface area contributed by atoms with Crippen molar-refractivity contribution < 1.29 is 103 Å². The highest BCUT2D eigenvalue weighted by Crippen LogP contribution is 2.26. The molecule has 1 saturated heterocycles. The predicted molar refractivity (Wildman–Crippen MR) is 313 cm³/mol. The largest absolute Gasteiger partial charge is 0.481 e. The number of carbonyl (C=O) groups excluding carboxylic acids is 10. The molecule has 14 atom stereocenters. The summed E-state index contributed by atoms with van der Waals surface area (Å²) >= 11 is 0. The minimum atomic E-state index is -2.78. The van der Waals surface area contributed by atoms with Gasteiger partial charge in [-0.1, -0.05) is 66.7 Å². The number of amides is 10. The summed E-state index contributed by atoms with van der Waals surface area (Å²) in [4.78, 5) is 200. The number of aliphatic carboxylic acids is 5. The Bertz CT molecular complexity index is 2610. The van der Waals surface area contributed by atoms with Crippen molar-refractivity contribution in [3.63, 3.8) is 0 Å². The van der Waals surface area contributed by atoms with Gasteiger partial charge in [0, 0.05) is 12.6 Å². The number of carboxylic acid groups (broad SMARTS) is 5. The molecule has 0 saturated carbocycles. The molecule has 0 bridgehead atoms. The van der Waals surface area contributed by atoms with Gasteiger partial charge in [-0.25, -0.2) is 9.59 Å². The molecule has 0 spiro atoms. The van der Waals surface area contributed by atoms with Crippen LogP contribution >= 0.6 is 0 Å². The lowest BCUT2D eigenvalue weighted by Crippen LogP contribution is -2.65. The summed E-state index contributed by atoms with van der Waals surface area (Å²) in [5, 5.41) is 79.1. The lowest BCUT2D eigenvalue weighted by Gasteiger charge is -2.34. The standard InChI is InChI=1S/C56H90N12O21/c1-25(2)17-13-11-12-14-19-35(69)62-40(29(8)53(82)83)49(78)66-42(31(10)59-46(75)34-21-28(7)24-68(34)52(81)39(27(5)6)65-48(77)41(30(9)54(84)85)63-36(70)23-58)50(79)64-38(26(3)4)47(76)60-32(18-15-16-20-57)45(74)67-43(44(73)56(88)89)51(80)61-33(55(86)87)22-37(71)72/h11-12,14,19,25-34,38-44,73H,13,15-18,20-24,57-58H2,1-10H3,(H,59,75)(H,60,76)(H,61,80)(H,62,69)(H,63,70)(H,64,79)(H,65,77)(H,66,78)(H,67,74)(H,71,72)(H,82,83)(H,84,85)(H,86,87)(H,88,89)/b12-11-,19-14+/t28-,29?,30?,31?,32+,33+,34+,38-,39+,40+,41-,42+,43+,44?/m1/s1. The van der Waals surface area contributed by atoms with Crippen LogP contribution in [0.5, 0.6) is 0 Å². The maximum atomic E-state index is 14.8. The van der Waals surface area contributed by atoms with Crippen molar-refractivity contribution in [2.75, 3.05) is 19.6 Å². The van der Waals surface area contributed by atoms with Crippen LogP contribution in [0.15, 0.2) is 24.3 Å². The van der Waals surface area contributed by atoms with Gasteiger partial charge in [0.1, 0.15) is 54.4 Å². The number of carboxylic acids is 5. The summed E-state index contributed by atoms with van der Waals surface area (Å²) in [7, 11) is 0. The molecule has 10 amide bonds. The molecule has 1 aliphatic heterocycles. The minimum Gasteiger partial charge on any atom is -0.481 e. The van der Waals surface area contributed by atoms with Crippen LogP contribution in [-0.4, -0.2) is 211 Å². The van der Waals surface area contributed by atoms with Crippen molar-refractivity contribution in [2.45, 2.75) is 181 Å². The zero-order valence-electron chi connectivity index (χ0n) is 51.6. The molecule has 89 heavy (non-hydrogen) atoms. The third-order valence-corrected chi connectivity index (χ3v) is 14.3. The Balaban J connectivity index is 3.96. The first-order valence-corrected chi connectivity index (χ1v) is 29.0. The van der Waals surface area contributed by atoms with E-state index in [0.29, 0.717) is 12.3 Å². The average Bonchev–Trinajstić information content (AvgIpc) is 2.94. The zero-order chi connectivity index (χ0) is 68.3. The monoisotopic (exact) mass is 1270 g/mol. The molecule has 0 aromatic carbocycles. The molecule has 1 fully saturated rings. The number of unbranched alkanes of at least 4 members (excludes halogenated alkanes) is 1. The molecule has 0 radical (unpaired) electrons. The fourth-order valence-corrected chi connectivity index (χ4v) is 8.96. The Labute approximate surface area is 514 Å². The van der Waals surface area contributed by atoms with Crippen molar-refractivity contribution in [3.8, 4) is 0 Å². The van der Waals surface area contributed by atoms with Crippen LogP contribution in [0, 0.1) is 35.5 Å². The second-order valence-corrected chi connectivity index (χ2v) is 23.0. The minimum absolute atomic E-state index is 0.0218. The highest BCUT2D eigenvalue weighted by Gasteiger charge is 2.45. The number of aliphatic hydroxyl groups excluding tert-OH is 1. The van der Waals surface area contributed by atoms with Crippen LogP contribution in [0.4, 0.5) is 0 Å². The van der Waals surface area contributed by atoms with Crippen molar-refractivity contribution in [3.05, 3.63) is 24.3 Å². The molecule has 0 aromatic heterocycles. The first-order valence-electron chi connectivity index (χ1n) is 29.0. The molecular formula is C56H90N12O21. The maximum absolute atomic E-state index is 14.8. The fraction of sp³-hybridized carbons (Fsp3) is 0.661. The molecule has 1 rings (SSSR count). The third kappa shape index (κ3) is 26.0. The van der Waals surface area contributed by atoms with E-state index in [2.05, 4.69) is 37.2 Å². The van der Waals surface area contributed by atoms with Crippen molar-refractivity contribution in [1.29, 1.82) is 0 Å². The molecule has 1 aliphatic rings.